The van der Waals surface area contributed by atoms with Crippen LogP contribution in [0.15, 0.2) is 0 Å². The van der Waals surface area contributed by atoms with Crippen LogP contribution >= 0.6 is 0 Å². The van der Waals surface area contributed by atoms with Crippen LogP contribution in [0.1, 0.15) is 118 Å². The highest BCUT2D eigenvalue weighted by Crippen LogP contribution is 2.12. The molecule has 0 bridgehead atoms. The average Bonchev–Trinajstić information content (AvgIpc) is 2.58. The molecule has 0 aliphatic carbocycles. The minimum absolute atomic E-state index is 0.345. The summed E-state index contributed by atoms with van der Waals surface area (Å²) in [5, 5.41) is 35.4. The smallest absolute Gasteiger partial charge is 0.303 e. The van der Waals surface area contributed by atoms with E-state index in [4.69, 9.17) is 20.4 Å². The van der Waals surface area contributed by atoms with E-state index < -0.39 is 24.7 Å². The summed E-state index contributed by atoms with van der Waals surface area (Å²) in [7, 11) is 0. The second-order valence-corrected chi connectivity index (χ2v) is 7.73. The van der Waals surface area contributed by atoms with Gasteiger partial charge in [-0.3, -0.25) is 4.79 Å². The van der Waals surface area contributed by atoms with Gasteiger partial charge < -0.3 is 20.4 Å². The molecule has 0 aliphatic heterocycles. The first-order valence-corrected chi connectivity index (χ1v) is 11.3. The van der Waals surface area contributed by atoms with Crippen LogP contribution in [0.4, 0.5) is 0 Å². The Morgan fingerprint density at radius 1 is 0.643 bits per heavy atom. The van der Waals surface area contributed by atoms with E-state index in [-0.39, 0.29) is 0 Å². The molecule has 6 nitrogen and oxygen atoms in total. The SMILES string of the molecule is CC(O)N(C(C)O)C(C)O.CCCCCCCCCCCCCCCC(=O)O. The topological polar surface area (TPSA) is 101 Å². The third-order valence-electron chi connectivity index (χ3n) is 4.79. The van der Waals surface area contributed by atoms with Gasteiger partial charge in [-0.2, -0.15) is 0 Å². The van der Waals surface area contributed by atoms with Gasteiger partial charge >= 0.3 is 5.97 Å². The fraction of sp³-hybridized carbons (Fsp3) is 0.955. The molecule has 3 atom stereocenters. The number of unbranched alkanes of at least 4 members (excludes halogenated alkanes) is 12. The molecule has 0 saturated heterocycles. The maximum Gasteiger partial charge on any atom is 0.303 e. The third kappa shape index (κ3) is 21.6. The highest BCUT2D eigenvalue weighted by atomic mass is 16.4. The van der Waals surface area contributed by atoms with Crippen molar-refractivity contribution in [3.63, 3.8) is 0 Å². The lowest BCUT2D eigenvalue weighted by atomic mass is 10.0. The molecule has 0 saturated carbocycles. The Morgan fingerprint density at radius 2 is 0.929 bits per heavy atom. The van der Waals surface area contributed by atoms with Crippen LogP contribution in [-0.4, -0.2) is 50.0 Å². The number of carboxylic acids is 1. The van der Waals surface area contributed by atoms with Crippen LogP contribution in [0.3, 0.4) is 0 Å². The van der Waals surface area contributed by atoms with E-state index in [1.165, 1.54) is 96.3 Å². The van der Waals surface area contributed by atoms with E-state index in [0.717, 1.165) is 12.8 Å². The Balaban J connectivity index is 0. The summed E-state index contributed by atoms with van der Waals surface area (Å²) in [5.41, 5.74) is 0. The molecule has 28 heavy (non-hydrogen) atoms. The molecule has 3 unspecified atom stereocenters. The van der Waals surface area contributed by atoms with Crippen molar-refractivity contribution in [3.8, 4) is 0 Å². The van der Waals surface area contributed by atoms with Gasteiger partial charge in [0.05, 0.1) is 0 Å². The number of aliphatic hydroxyl groups is 3. The Labute approximate surface area is 173 Å². The number of carboxylic acid groups (broad SMARTS) is 1. The Kier molecular flexibility index (Phi) is 22.2. The zero-order valence-corrected chi connectivity index (χ0v) is 18.8. The molecule has 0 aromatic rings. The molecule has 0 aliphatic rings. The third-order valence-corrected chi connectivity index (χ3v) is 4.79. The van der Waals surface area contributed by atoms with Crippen LogP contribution in [0.5, 0.6) is 0 Å². The molecule has 0 fully saturated rings. The van der Waals surface area contributed by atoms with Crippen molar-refractivity contribution < 1.29 is 25.2 Å². The van der Waals surface area contributed by atoms with Gasteiger partial charge in [0.1, 0.15) is 18.7 Å². The van der Waals surface area contributed by atoms with Crippen molar-refractivity contribution in [2.45, 2.75) is 136 Å². The predicted octanol–water partition coefficient (Wildman–Crippen LogP) is 4.86. The van der Waals surface area contributed by atoms with E-state index in [9.17, 15) is 4.79 Å². The summed E-state index contributed by atoms with van der Waals surface area (Å²) < 4.78 is 0. The zero-order valence-electron chi connectivity index (χ0n) is 18.8. The Bertz CT molecular complexity index is 316. The van der Waals surface area contributed by atoms with Gasteiger partial charge in [-0.1, -0.05) is 84.0 Å². The molecular formula is C22H47NO5. The lowest BCUT2D eigenvalue weighted by Gasteiger charge is -2.30. The molecule has 0 amide bonds. The Hall–Kier alpha value is -0.690. The highest BCUT2D eigenvalue weighted by molar-refractivity contribution is 5.66. The number of aliphatic hydroxyl groups excluding tert-OH is 3. The van der Waals surface area contributed by atoms with Crippen LogP contribution in [0, 0.1) is 0 Å². The molecular weight excluding hydrogens is 358 g/mol. The molecule has 0 spiro atoms. The number of carbonyl (C=O) groups is 1. The molecule has 4 N–H and O–H groups in total. The predicted molar refractivity (Wildman–Crippen MR) is 115 cm³/mol. The van der Waals surface area contributed by atoms with Crippen molar-refractivity contribution in [1.82, 2.24) is 4.90 Å². The van der Waals surface area contributed by atoms with Gasteiger partial charge in [-0.15, -0.1) is 0 Å². The molecule has 6 heteroatoms. The van der Waals surface area contributed by atoms with Crippen LogP contribution in [0.25, 0.3) is 0 Å². The van der Waals surface area contributed by atoms with Gasteiger partial charge in [0.2, 0.25) is 0 Å². The van der Waals surface area contributed by atoms with E-state index in [2.05, 4.69) is 6.92 Å². The fourth-order valence-electron chi connectivity index (χ4n) is 3.23. The van der Waals surface area contributed by atoms with Crippen molar-refractivity contribution in [1.29, 1.82) is 0 Å². The van der Waals surface area contributed by atoms with Crippen LogP contribution < -0.4 is 0 Å². The zero-order chi connectivity index (χ0) is 21.8. The molecule has 0 heterocycles. The van der Waals surface area contributed by atoms with Crippen LogP contribution in [0.2, 0.25) is 0 Å². The van der Waals surface area contributed by atoms with Gasteiger partial charge in [-0.25, -0.2) is 4.90 Å². The highest BCUT2D eigenvalue weighted by Gasteiger charge is 2.20. The summed E-state index contributed by atoms with van der Waals surface area (Å²) in [6.45, 7) is 6.72. The largest absolute Gasteiger partial charge is 0.481 e. The number of nitrogens with zero attached hydrogens (tertiary/aromatic N) is 1. The van der Waals surface area contributed by atoms with E-state index in [0.29, 0.717) is 6.42 Å². The minimum atomic E-state index is -0.833. The summed E-state index contributed by atoms with van der Waals surface area (Å²) in [6, 6.07) is 0. The van der Waals surface area contributed by atoms with E-state index in [1.54, 1.807) is 0 Å². The lowest BCUT2D eigenvalue weighted by Crippen LogP contribution is -2.45. The number of aliphatic carboxylic acids is 1. The molecule has 170 valence electrons. The van der Waals surface area contributed by atoms with Crippen molar-refractivity contribution >= 4 is 5.97 Å². The quantitative estimate of drug-likeness (QED) is 0.204. The first-order chi connectivity index (χ1) is 13.2. The molecule has 0 aromatic heterocycles. The summed E-state index contributed by atoms with van der Waals surface area (Å²) in [5.74, 6) is -0.655. The van der Waals surface area contributed by atoms with Crippen molar-refractivity contribution in [2.24, 2.45) is 0 Å². The normalized spacial score (nSPS) is 14.3. The van der Waals surface area contributed by atoms with Gasteiger partial charge in [0, 0.05) is 6.42 Å². The first-order valence-electron chi connectivity index (χ1n) is 11.3. The second kappa shape index (κ2) is 21.0. The summed E-state index contributed by atoms with van der Waals surface area (Å²) in [4.78, 5) is 11.5. The molecule has 0 aromatic carbocycles. The fourth-order valence-corrected chi connectivity index (χ4v) is 3.23. The lowest BCUT2D eigenvalue weighted by molar-refractivity contribution is -0.159. The van der Waals surface area contributed by atoms with Gasteiger partial charge in [0.25, 0.3) is 0 Å². The van der Waals surface area contributed by atoms with Gasteiger partial charge in [0.15, 0.2) is 0 Å². The van der Waals surface area contributed by atoms with E-state index >= 15 is 0 Å². The average molecular weight is 406 g/mol. The summed E-state index contributed by atoms with van der Waals surface area (Å²) in [6.07, 6.45) is 14.8. The van der Waals surface area contributed by atoms with Gasteiger partial charge in [-0.05, 0) is 27.2 Å². The monoisotopic (exact) mass is 405 g/mol. The van der Waals surface area contributed by atoms with Crippen molar-refractivity contribution in [2.75, 3.05) is 0 Å². The first kappa shape index (κ1) is 29.5. The maximum absolute atomic E-state index is 10.3. The molecule has 0 radical (unpaired) electrons. The number of rotatable bonds is 17. The van der Waals surface area contributed by atoms with Crippen molar-refractivity contribution in [3.05, 3.63) is 0 Å². The van der Waals surface area contributed by atoms with E-state index in [1.807, 2.05) is 0 Å². The Morgan fingerprint density at radius 3 is 1.14 bits per heavy atom. The second-order valence-electron chi connectivity index (χ2n) is 7.73. The minimum Gasteiger partial charge on any atom is -0.481 e. The summed E-state index contributed by atoms with van der Waals surface area (Å²) >= 11 is 0. The standard InChI is InChI=1S/C16H32O2.C6H15NO3/c1-2-3-4-5-6-7-8-9-10-11-12-13-14-15-16(17)18;1-4(8)7(5(2)9)6(3)10/h2-15H2,1H3,(H,17,18);4-6,8-10H,1-3H3. The maximum atomic E-state index is 10.3. The number of hydrogen-bond acceptors (Lipinski definition) is 5. The van der Waals surface area contributed by atoms with Crippen LogP contribution in [-0.2, 0) is 4.79 Å². The molecule has 0 rings (SSSR count). The number of hydrogen-bond donors (Lipinski definition) is 4.